The molecule has 1 aliphatic heterocycles. The van der Waals surface area contributed by atoms with Gasteiger partial charge in [0.15, 0.2) is 6.19 Å². The highest BCUT2D eigenvalue weighted by atomic mass is 16.2. The first kappa shape index (κ1) is 11.3. The molecule has 1 N–H and O–H groups in total. The van der Waals surface area contributed by atoms with Crippen LogP contribution in [-0.4, -0.2) is 29.4 Å². The summed E-state index contributed by atoms with van der Waals surface area (Å²) in [4.78, 5) is 13.7. The molecule has 0 radical (unpaired) electrons. The maximum Gasteiger partial charge on any atom is 0.225 e. The van der Waals surface area contributed by atoms with Gasteiger partial charge in [0.2, 0.25) is 5.91 Å². The molecule has 16 heavy (non-hydrogen) atoms. The SMILES string of the molecule is CC(C)(C)C(=O)NC1C2CCC1N(C#N)C2. The fourth-order valence-electron chi connectivity index (χ4n) is 2.70. The molecule has 4 nitrogen and oxygen atoms in total. The lowest BCUT2D eigenvalue weighted by Gasteiger charge is -2.24. The van der Waals surface area contributed by atoms with E-state index in [1.165, 1.54) is 0 Å². The number of hydrogen-bond acceptors (Lipinski definition) is 3. The number of likely N-dealkylation sites (tertiary alicyclic amines) is 1. The Morgan fingerprint density at radius 1 is 1.44 bits per heavy atom. The van der Waals surface area contributed by atoms with Crippen molar-refractivity contribution in [3.63, 3.8) is 0 Å². The van der Waals surface area contributed by atoms with Crippen LogP contribution in [0, 0.1) is 22.8 Å². The number of rotatable bonds is 1. The van der Waals surface area contributed by atoms with Crippen molar-refractivity contribution in [3.05, 3.63) is 0 Å². The van der Waals surface area contributed by atoms with Crippen LogP contribution < -0.4 is 5.32 Å². The number of fused-ring (bicyclic) bond motifs is 2. The van der Waals surface area contributed by atoms with Gasteiger partial charge in [0.05, 0.1) is 12.1 Å². The number of carbonyl (C=O) groups is 1. The van der Waals surface area contributed by atoms with E-state index in [9.17, 15) is 4.79 Å². The largest absolute Gasteiger partial charge is 0.350 e. The Morgan fingerprint density at radius 3 is 2.62 bits per heavy atom. The molecule has 1 amide bonds. The summed E-state index contributed by atoms with van der Waals surface area (Å²) in [5, 5.41) is 12.1. The Labute approximate surface area is 96.6 Å². The van der Waals surface area contributed by atoms with Crippen LogP contribution in [-0.2, 0) is 4.79 Å². The summed E-state index contributed by atoms with van der Waals surface area (Å²) in [6.45, 7) is 6.57. The van der Waals surface area contributed by atoms with Crippen LogP contribution in [0.3, 0.4) is 0 Å². The predicted molar refractivity (Wildman–Crippen MR) is 60.2 cm³/mol. The molecule has 3 atom stereocenters. The number of nitrogens with one attached hydrogen (secondary N) is 1. The zero-order chi connectivity index (χ0) is 11.9. The second kappa shape index (κ2) is 3.65. The highest BCUT2D eigenvalue weighted by Gasteiger charge is 2.48. The molecule has 3 unspecified atom stereocenters. The smallest absolute Gasteiger partial charge is 0.225 e. The molecule has 2 fully saturated rings. The summed E-state index contributed by atoms with van der Waals surface area (Å²) in [5.41, 5.74) is -0.348. The Balaban J connectivity index is 2.03. The second-order valence-corrected chi connectivity index (χ2v) is 5.91. The zero-order valence-electron chi connectivity index (χ0n) is 10.2. The van der Waals surface area contributed by atoms with Crippen LogP contribution in [0.2, 0.25) is 0 Å². The minimum absolute atomic E-state index is 0.0918. The molecule has 0 aromatic rings. The molecule has 1 aliphatic carbocycles. The lowest BCUT2D eigenvalue weighted by atomic mass is 9.94. The monoisotopic (exact) mass is 221 g/mol. The van der Waals surface area contributed by atoms with Crippen LogP contribution >= 0.6 is 0 Å². The van der Waals surface area contributed by atoms with Crippen molar-refractivity contribution in [1.29, 1.82) is 5.26 Å². The van der Waals surface area contributed by atoms with E-state index in [1.807, 2.05) is 25.7 Å². The Bertz CT molecular complexity index is 339. The first-order chi connectivity index (χ1) is 7.43. The Morgan fingerprint density at radius 2 is 2.12 bits per heavy atom. The van der Waals surface area contributed by atoms with Gasteiger partial charge in [-0.3, -0.25) is 4.79 Å². The third kappa shape index (κ3) is 1.75. The second-order valence-electron chi connectivity index (χ2n) is 5.91. The Kier molecular flexibility index (Phi) is 2.57. The van der Waals surface area contributed by atoms with Gasteiger partial charge in [0, 0.05) is 12.0 Å². The molecule has 2 aliphatic rings. The van der Waals surface area contributed by atoms with Gasteiger partial charge >= 0.3 is 0 Å². The maximum atomic E-state index is 11.9. The van der Waals surface area contributed by atoms with E-state index < -0.39 is 0 Å². The van der Waals surface area contributed by atoms with Crippen LogP contribution in [0.5, 0.6) is 0 Å². The van der Waals surface area contributed by atoms with E-state index in [0.29, 0.717) is 5.92 Å². The van der Waals surface area contributed by atoms with E-state index >= 15 is 0 Å². The van der Waals surface area contributed by atoms with Gasteiger partial charge in [-0.15, -0.1) is 0 Å². The van der Waals surface area contributed by atoms with Crippen molar-refractivity contribution >= 4 is 5.91 Å². The van der Waals surface area contributed by atoms with Crippen LogP contribution in [0.1, 0.15) is 33.6 Å². The topological polar surface area (TPSA) is 56.1 Å². The predicted octanol–water partition coefficient (Wildman–Crippen LogP) is 1.09. The first-order valence-electron chi connectivity index (χ1n) is 5.91. The minimum Gasteiger partial charge on any atom is -0.350 e. The zero-order valence-corrected chi connectivity index (χ0v) is 10.2. The lowest BCUT2D eigenvalue weighted by Crippen LogP contribution is -2.46. The number of carbonyl (C=O) groups excluding carboxylic acids is 1. The van der Waals surface area contributed by atoms with Gasteiger partial charge in [-0.1, -0.05) is 20.8 Å². The maximum absolute atomic E-state index is 11.9. The number of hydrogen-bond donors (Lipinski definition) is 1. The first-order valence-corrected chi connectivity index (χ1v) is 5.91. The third-order valence-corrected chi connectivity index (χ3v) is 3.69. The van der Waals surface area contributed by atoms with Gasteiger partial charge in [0.25, 0.3) is 0 Å². The van der Waals surface area contributed by atoms with Crippen molar-refractivity contribution in [3.8, 4) is 6.19 Å². The lowest BCUT2D eigenvalue weighted by molar-refractivity contribution is -0.129. The number of nitriles is 1. The fraction of sp³-hybridized carbons (Fsp3) is 0.833. The minimum atomic E-state index is -0.348. The highest BCUT2D eigenvalue weighted by molar-refractivity contribution is 5.81. The number of amides is 1. The molecular formula is C12H19N3O. The van der Waals surface area contributed by atoms with Gasteiger partial charge in [0.1, 0.15) is 0 Å². The molecular weight excluding hydrogens is 202 g/mol. The standard InChI is InChI=1S/C12H19N3O/c1-12(2,3)11(16)14-10-8-4-5-9(10)15(6-8)7-13/h8-10H,4-6H2,1-3H3,(H,14,16). The summed E-state index contributed by atoms with van der Waals surface area (Å²) in [7, 11) is 0. The van der Waals surface area contributed by atoms with Gasteiger partial charge in [-0.05, 0) is 18.8 Å². The molecule has 0 spiro atoms. The van der Waals surface area contributed by atoms with Crippen molar-refractivity contribution in [2.45, 2.75) is 45.7 Å². The van der Waals surface area contributed by atoms with Crippen LogP contribution in [0.15, 0.2) is 0 Å². The number of nitrogens with zero attached hydrogens (tertiary/aromatic N) is 2. The molecule has 0 aromatic carbocycles. The summed E-state index contributed by atoms with van der Waals surface area (Å²) in [5.74, 6) is 0.560. The van der Waals surface area contributed by atoms with Gasteiger partial charge in [-0.2, -0.15) is 5.26 Å². The summed E-state index contributed by atoms with van der Waals surface area (Å²) < 4.78 is 0. The molecule has 88 valence electrons. The van der Waals surface area contributed by atoms with E-state index in [0.717, 1.165) is 19.4 Å². The molecule has 2 rings (SSSR count). The van der Waals surface area contributed by atoms with Crippen LogP contribution in [0.4, 0.5) is 0 Å². The molecule has 2 bridgehead atoms. The summed E-state index contributed by atoms with van der Waals surface area (Å²) in [6.07, 6.45) is 4.39. The summed E-state index contributed by atoms with van der Waals surface area (Å²) in [6, 6.07) is 0.424. The quantitative estimate of drug-likeness (QED) is 0.674. The molecule has 0 aromatic heterocycles. The van der Waals surface area contributed by atoms with Crippen molar-refractivity contribution in [2.75, 3.05) is 6.54 Å². The van der Waals surface area contributed by atoms with Crippen molar-refractivity contribution < 1.29 is 4.79 Å². The molecule has 4 heteroatoms. The average Bonchev–Trinajstić information content (AvgIpc) is 2.73. The van der Waals surface area contributed by atoms with E-state index in [-0.39, 0.29) is 23.4 Å². The van der Waals surface area contributed by atoms with Crippen molar-refractivity contribution in [2.24, 2.45) is 11.3 Å². The normalized spacial score (nSPS) is 32.6. The Hall–Kier alpha value is -1.24. The molecule has 1 saturated carbocycles. The summed E-state index contributed by atoms with van der Waals surface area (Å²) >= 11 is 0. The van der Waals surface area contributed by atoms with Crippen molar-refractivity contribution in [1.82, 2.24) is 10.2 Å². The van der Waals surface area contributed by atoms with Gasteiger partial charge < -0.3 is 10.2 Å². The average molecular weight is 221 g/mol. The molecule has 1 heterocycles. The molecule has 1 saturated heterocycles. The van der Waals surface area contributed by atoms with E-state index in [4.69, 9.17) is 5.26 Å². The fourth-order valence-corrected chi connectivity index (χ4v) is 2.70. The third-order valence-electron chi connectivity index (χ3n) is 3.69. The van der Waals surface area contributed by atoms with E-state index in [2.05, 4.69) is 11.5 Å². The van der Waals surface area contributed by atoms with E-state index in [1.54, 1.807) is 0 Å². The highest BCUT2D eigenvalue weighted by Crippen LogP contribution is 2.37. The number of piperidine rings is 1. The van der Waals surface area contributed by atoms with Gasteiger partial charge in [-0.25, -0.2) is 0 Å². The van der Waals surface area contributed by atoms with Crippen LogP contribution in [0.25, 0.3) is 0 Å².